The van der Waals surface area contributed by atoms with Crippen LogP contribution in [0.15, 0.2) is 59.7 Å². The monoisotopic (exact) mass is 295 g/mol. The molecule has 4 heteroatoms. The van der Waals surface area contributed by atoms with Crippen molar-refractivity contribution in [3.05, 3.63) is 65.7 Å². The molecule has 0 fully saturated rings. The van der Waals surface area contributed by atoms with Crippen molar-refractivity contribution in [1.82, 2.24) is 5.01 Å². The van der Waals surface area contributed by atoms with Gasteiger partial charge in [-0.1, -0.05) is 42.5 Å². The largest absolute Gasteiger partial charge is 0.497 e. The minimum atomic E-state index is 0.217. The first kappa shape index (κ1) is 14.6. The number of ether oxygens (including phenoxy) is 1. The molecule has 1 unspecified atom stereocenters. The van der Waals surface area contributed by atoms with Gasteiger partial charge in [-0.15, -0.1) is 0 Å². The third kappa shape index (κ3) is 3.12. The number of methoxy groups -OCH3 is 1. The molecule has 1 aliphatic rings. The Bertz CT molecular complexity index is 654. The summed E-state index contributed by atoms with van der Waals surface area (Å²) in [5.41, 5.74) is 9.31. The van der Waals surface area contributed by atoms with E-state index in [1.165, 1.54) is 11.1 Å². The van der Waals surface area contributed by atoms with Gasteiger partial charge in [0.1, 0.15) is 5.75 Å². The van der Waals surface area contributed by atoms with Crippen molar-refractivity contribution < 1.29 is 4.74 Å². The van der Waals surface area contributed by atoms with Gasteiger partial charge in [-0.05, 0) is 23.3 Å². The van der Waals surface area contributed by atoms with Crippen LogP contribution in [0.2, 0.25) is 0 Å². The quantitative estimate of drug-likeness (QED) is 0.922. The molecule has 0 spiro atoms. The SMILES string of the molecule is COc1cccc(C2CC(CN)=NN2Cc2ccccc2)c1. The number of hydrogen-bond acceptors (Lipinski definition) is 4. The molecule has 0 aliphatic carbocycles. The Balaban J connectivity index is 1.85. The Morgan fingerprint density at radius 3 is 2.73 bits per heavy atom. The van der Waals surface area contributed by atoms with Crippen molar-refractivity contribution in [2.45, 2.75) is 19.0 Å². The Hall–Kier alpha value is -2.33. The Labute approximate surface area is 131 Å². The lowest BCUT2D eigenvalue weighted by molar-refractivity contribution is 0.224. The van der Waals surface area contributed by atoms with Gasteiger partial charge in [-0.3, -0.25) is 5.01 Å². The second-order valence-electron chi connectivity index (χ2n) is 5.45. The van der Waals surface area contributed by atoms with E-state index < -0.39 is 0 Å². The van der Waals surface area contributed by atoms with Crippen LogP contribution < -0.4 is 10.5 Å². The zero-order valence-corrected chi connectivity index (χ0v) is 12.8. The average Bonchev–Trinajstić information content (AvgIpc) is 2.99. The fourth-order valence-electron chi connectivity index (χ4n) is 2.80. The molecule has 0 aromatic heterocycles. The summed E-state index contributed by atoms with van der Waals surface area (Å²) in [7, 11) is 1.69. The summed E-state index contributed by atoms with van der Waals surface area (Å²) < 4.78 is 5.34. The summed E-state index contributed by atoms with van der Waals surface area (Å²) in [5.74, 6) is 0.873. The molecule has 0 saturated heterocycles. The smallest absolute Gasteiger partial charge is 0.119 e. The number of hydrazone groups is 1. The first-order valence-electron chi connectivity index (χ1n) is 7.51. The minimum Gasteiger partial charge on any atom is -0.497 e. The number of hydrogen-bond donors (Lipinski definition) is 1. The summed E-state index contributed by atoms with van der Waals surface area (Å²) in [6.07, 6.45) is 0.872. The van der Waals surface area contributed by atoms with Gasteiger partial charge in [0.2, 0.25) is 0 Å². The second-order valence-corrected chi connectivity index (χ2v) is 5.45. The number of benzene rings is 2. The predicted molar refractivity (Wildman–Crippen MR) is 88.8 cm³/mol. The van der Waals surface area contributed by atoms with Crippen LogP contribution in [0, 0.1) is 0 Å². The summed E-state index contributed by atoms with van der Waals surface area (Å²) in [5, 5.41) is 6.83. The van der Waals surface area contributed by atoms with E-state index in [4.69, 9.17) is 15.6 Å². The van der Waals surface area contributed by atoms with Crippen molar-refractivity contribution >= 4 is 5.71 Å². The topological polar surface area (TPSA) is 50.9 Å². The molecule has 0 bridgehead atoms. The Morgan fingerprint density at radius 2 is 2.00 bits per heavy atom. The Morgan fingerprint density at radius 1 is 1.18 bits per heavy atom. The van der Waals surface area contributed by atoms with Gasteiger partial charge in [0.05, 0.1) is 25.4 Å². The van der Waals surface area contributed by atoms with Crippen LogP contribution in [0.25, 0.3) is 0 Å². The van der Waals surface area contributed by atoms with Crippen molar-refractivity contribution in [3.8, 4) is 5.75 Å². The van der Waals surface area contributed by atoms with Crippen molar-refractivity contribution in [1.29, 1.82) is 0 Å². The first-order chi connectivity index (χ1) is 10.8. The van der Waals surface area contributed by atoms with Crippen LogP contribution in [0.4, 0.5) is 0 Å². The molecular formula is C18H21N3O. The van der Waals surface area contributed by atoms with Crippen LogP contribution in [0.5, 0.6) is 5.75 Å². The zero-order chi connectivity index (χ0) is 15.4. The van der Waals surface area contributed by atoms with Crippen LogP contribution in [0.1, 0.15) is 23.6 Å². The zero-order valence-electron chi connectivity index (χ0n) is 12.8. The standard InChI is InChI=1S/C18H21N3O/c1-22-17-9-5-8-15(10-17)18-11-16(12-19)20-21(18)13-14-6-3-2-4-7-14/h2-10,18H,11-13,19H2,1H3. The number of nitrogens with two attached hydrogens (primary N) is 1. The molecule has 2 N–H and O–H groups in total. The lowest BCUT2D eigenvalue weighted by Gasteiger charge is -2.24. The van der Waals surface area contributed by atoms with Gasteiger partial charge in [-0.2, -0.15) is 5.10 Å². The summed E-state index contributed by atoms with van der Waals surface area (Å²) in [4.78, 5) is 0. The van der Waals surface area contributed by atoms with E-state index in [2.05, 4.69) is 41.4 Å². The molecule has 22 heavy (non-hydrogen) atoms. The fraction of sp³-hybridized carbons (Fsp3) is 0.278. The van der Waals surface area contributed by atoms with Gasteiger partial charge in [0, 0.05) is 13.0 Å². The highest BCUT2D eigenvalue weighted by molar-refractivity contribution is 5.88. The minimum absolute atomic E-state index is 0.217. The van der Waals surface area contributed by atoms with Crippen LogP contribution in [0.3, 0.4) is 0 Å². The van der Waals surface area contributed by atoms with Crippen molar-refractivity contribution in [2.75, 3.05) is 13.7 Å². The first-order valence-corrected chi connectivity index (χ1v) is 7.51. The molecule has 1 atom stereocenters. The van der Waals surface area contributed by atoms with Crippen LogP contribution in [-0.4, -0.2) is 24.4 Å². The highest BCUT2D eigenvalue weighted by Crippen LogP contribution is 2.33. The lowest BCUT2D eigenvalue weighted by atomic mass is 10.0. The highest BCUT2D eigenvalue weighted by Gasteiger charge is 2.27. The molecule has 0 amide bonds. The third-order valence-corrected chi connectivity index (χ3v) is 3.96. The third-order valence-electron chi connectivity index (χ3n) is 3.96. The fourth-order valence-corrected chi connectivity index (χ4v) is 2.80. The van der Waals surface area contributed by atoms with E-state index in [1.54, 1.807) is 7.11 Å². The van der Waals surface area contributed by atoms with Gasteiger partial charge in [-0.25, -0.2) is 0 Å². The van der Waals surface area contributed by atoms with E-state index in [-0.39, 0.29) is 6.04 Å². The molecule has 3 rings (SSSR count). The van der Waals surface area contributed by atoms with Crippen molar-refractivity contribution in [3.63, 3.8) is 0 Å². The van der Waals surface area contributed by atoms with E-state index in [1.807, 2.05) is 18.2 Å². The van der Waals surface area contributed by atoms with Gasteiger partial charge >= 0.3 is 0 Å². The summed E-state index contributed by atoms with van der Waals surface area (Å²) in [6, 6.07) is 18.8. The molecule has 0 saturated carbocycles. The normalized spacial score (nSPS) is 17.5. The number of rotatable bonds is 5. The molecule has 4 nitrogen and oxygen atoms in total. The maximum absolute atomic E-state index is 5.80. The maximum Gasteiger partial charge on any atom is 0.119 e. The van der Waals surface area contributed by atoms with E-state index in [9.17, 15) is 0 Å². The molecule has 1 heterocycles. The van der Waals surface area contributed by atoms with Gasteiger partial charge in [0.15, 0.2) is 0 Å². The van der Waals surface area contributed by atoms with Gasteiger partial charge in [0.25, 0.3) is 0 Å². The maximum atomic E-state index is 5.80. The molecule has 2 aromatic rings. The predicted octanol–water partition coefficient (Wildman–Crippen LogP) is 2.96. The average molecular weight is 295 g/mol. The van der Waals surface area contributed by atoms with E-state index in [0.29, 0.717) is 6.54 Å². The van der Waals surface area contributed by atoms with Crippen LogP contribution in [-0.2, 0) is 6.54 Å². The molecule has 114 valence electrons. The summed E-state index contributed by atoms with van der Waals surface area (Å²) in [6.45, 7) is 1.29. The highest BCUT2D eigenvalue weighted by atomic mass is 16.5. The lowest BCUT2D eigenvalue weighted by Crippen LogP contribution is -2.19. The van der Waals surface area contributed by atoms with Gasteiger partial charge < -0.3 is 10.5 Å². The second kappa shape index (κ2) is 6.62. The molecule has 1 aliphatic heterocycles. The molecule has 0 radical (unpaired) electrons. The van der Waals surface area contributed by atoms with E-state index in [0.717, 1.165) is 24.4 Å². The Kier molecular flexibility index (Phi) is 4.39. The van der Waals surface area contributed by atoms with E-state index >= 15 is 0 Å². The number of nitrogens with zero attached hydrogens (tertiary/aromatic N) is 2. The molecule has 2 aromatic carbocycles. The van der Waals surface area contributed by atoms with Crippen LogP contribution >= 0.6 is 0 Å². The molecular weight excluding hydrogens is 274 g/mol. The summed E-state index contributed by atoms with van der Waals surface area (Å²) >= 11 is 0. The van der Waals surface area contributed by atoms with Crippen molar-refractivity contribution in [2.24, 2.45) is 10.8 Å².